The van der Waals surface area contributed by atoms with Gasteiger partial charge in [-0.05, 0) is 115 Å². The van der Waals surface area contributed by atoms with E-state index in [1.165, 1.54) is 21.1 Å². The third kappa shape index (κ3) is 9.62. The van der Waals surface area contributed by atoms with E-state index in [-0.39, 0.29) is 57.0 Å². The highest BCUT2D eigenvalue weighted by molar-refractivity contribution is 5.89. The van der Waals surface area contributed by atoms with Crippen LogP contribution in [0.15, 0.2) is 30.3 Å². The lowest BCUT2D eigenvalue weighted by Crippen LogP contribution is -2.79. The second kappa shape index (κ2) is 21.6. The summed E-state index contributed by atoms with van der Waals surface area (Å²) in [5.41, 5.74) is -7.16. The molecule has 8 aliphatic rings. The van der Waals surface area contributed by atoms with E-state index in [9.17, 15) is 45.6 Å². The zero-order valence-corrected chi connectivity index (χ0v) is 44.3. The van der Waals surface area contributed by atoms with Crippen LogP contribution in [0.3, 0.4) is 0 Å². The number of ether oxygens (including phenoxy) is 11. The van der Waals surface area contributed by atoms with E-state index in [0.29, 0.717) is 31.2 Å². The molecule has 4 aliphatic heterocycles. The number of rotatable bonds is 13. The molecule has 0 spiro atoms. The lowest BCUT2D eigenvalue weighted by molar-refractivity contribution is -0.355. The molecule has 9 rings (SSSR count). The van der Waals surface area contributed by atoms with Gasteiger partial charge < -0.3 is 93.0 Å². The first-order chi connectivity index (χ1) is 34.9. The van der Waals surface area contributed by atoms with Crippen molar-refractivity contribution in [2.24, 2.45) is 22.7 Å². The minimum Gasteiger partial charge on any atom is -0.458 e. The fraction of sp³-hybridized carbons (Fsp3) is 0.870. The van der Waals surface area contributed by atoms with Crippen LogP contribution in [0.25, 0.3) is 0 Å². The Hall–Kier alpha value is -2.03. The Balaban J connectivity index is 0.781. The van der Waals surface area contributed by atoms with Gasteiger partial charge in [0, 0.05) is 33.5 Å². The van der Waals surface area contributed by atoms with Crippen LogP contribution in [-0.2, 0) is 52.1 Å². The lowest BCUT2D eigenvalue weighted by atomic mass is 9.40. The molecule has 420 valence electrons. The summed E-state index contributed by atoms with van der Waals surface area (Å²) in [5.74, 6) is -1.07. The molecule has 8 N–H and O–H groups in total. The summed E-state index contributed by atoms with van der Waals surface area (Å²) < 4.78 is 67.5. The van der Waals surface area contributed by atoms with Gasteiger partial charge in [-0.1, -0.05) is 32.0 Å². The molecule has 4 aliphatic carbocycles. The standard InChI is InChI=1S/C54H84O20/c1-26-42(58)47(65-9)43(59)49(69-26)74-46-29(4)68-41(24-36(46)64-8)73-45-28(3)67-40(23-35(45)57)72-44-27(2)66-39(22-34(44)56)70-33-16-17-50(6)32(21-33)15-18-53(62)37(50)25-38(71-48(60)31-13-11-10-12-14-31)51(7)52(61,30(5)55)19-20-54(51,53)63/h10-14,26-30,32-47,49,55-59,61-63H,15-25H2,1-9H3/t26?,27?,28?,29?,30?,32-,33-,34?,35?,36?,37?,38?,39?,40?,41?,42?,43?,44?,45?,46?,47?,49?,50-,51+,52+,53-,54+/m0/s1. The molecule has 8 fully saturated rings. The Morgan fingerprint density at radius 2 is 1.24 bits per heavy atom. The van der Waals surface area contributed by atoms with Gasteiger partial charge in [0.05, 0.1) is 71.5 Å². The van der Waals surface area contributed by atoms with Crippen molar-refractivity contribution in [2.75, 3.05) is 14.2 Å². The van der Waals surface area contributed by atoms with E-state index in [4.69, 9.17) is 52.1 Å². The molecule has 4 saturated heterocycles. The Morgan fingerprint density at radius 3 is 1.82 bits per heavy atom. The van der Waals surface area contributed by atoms with E-state index in [0.717, 1.165) is 0 Å². The lowest BCUT2D eigenvalue weighted by Gasteiger charge is -2.69. The average molecular weight is 1050 g/mol. The van der Waals surface area contributed by atoms with Crippen molar-refractivity contribution in [2.45, 2.75) is 259 Å². The predicted molar refractivity (Wildman–Crippen MR) is 259 cm³/mol. The fourth-order valence-corrected chi connectivity index (χ4v) is 15.2. The van der Waals surface area contributed by atoms with Crippen molar-refractivity contribution in [1.82, 2.24) is 0 Å². The third-order valence-electron chi connectivity index (χ3n) is 19.6. The van der Waals surface area contributed by atoms with Crippen molar-refractivity contribution in [3.05, 3.63) is 35.9 Å². The highest BCUT2D eigenvalue weighted by Crippen LogP contribution is 2.72. The maximum atomic E-state index is 13.7. The van der Waals surface area contributed by atoms with Crippen LogP contribution >= 0.6 is 0 Å². The Morgan fingerprint density at radius 1 is 0.649 bits per heavy atom. The van der Waals surface area contributed by atoms with Crippen molar-refractivity contribution < 1.29 is 97.8 Å². The second-order valence-electron chi connectivity index (χ2n) is 23.5. The molecular formula is C54H84O20. The van der Waals surface area contributed by atoms with E-state index in [1.807, 2.05) is 0 Å². The molecule has 74 heavy (non-hydrogen) atoms. The Kier molecular flexibility index (Phi) is 16.5. The fourth-order valence-electron chi connectivity index (χ4n) is 15.2. The van der Waals surface area contributed by atoms with E-state index in [2.05, 4.69) is 6.92 Å². The van der Waals surface area contributed by atoms with Crippen molar-refractivity contribution in [3.8, 4) is 0 Å². The number of hydrogen-bond donors (Lipinski definition) is 8. The molecular weight excluding hydrogens is 969 g/mol. The zero-order valence-electron chi connectivity index (χ0n) is 44.3. The first-order valence-corrected chi connectivity index (χ1v) is 27.1. The van der Waals surface area contributed by atoms with Crippen LogP contribution in [0.4, 0.5) is 0 Å². The summed E-state index contributed by atoms with van der Waals surface area (Å²) in [6.45, 7) is 12.3. The van der Waals surface area contributed by atoms with Crippen molar-refractivity contribution in [1.29, 1.82) is 0 Å². The summed E-state index contributed by atoms with van der Waals surface area (Å²) in [4.78, 5) is 13.7. The highest BCUT2D eigenvalue weighted by atomic mass is 16.8. The number of fused-ring (bicyclic) bond motifs is 5. The Bertz CT molecular complexity index is 2050. The summed E-state index contributed by atoms with van der Waals surface area (Å²) in [5, 5.41) is 93.5. The van der Waals surface area contributed by atoms with E-state index in [1.54, 1.807) is 65.0 Å². The van der Waals surface area contributed by atoms with Gasteiger partial charge in [0.15, 0.2) is 25.2 Å². The summed E-state index contributed by atoms with van der Waals surface area (Å²) in [6.07, 6.45) is -13.4. The molecule has 20 unspecified atom stereocenters. The van der Waals surface area contributed by atoms with Crippen LogP contribution in [0, 0.1) is 22.7 Å². The van der Waals surface area contributed by atoms with Gasteiger partial charge in [0.1, 0.15) is 53.9 Å². The first-order valence-electron chi connectivity index (χ1n) is 27.1. The number of methoxy groups -OCH3 is 2. The van der Waals surface area contributed by atoms with Crippen LogP contribution < -0.4 is 0 Å². The molecule has 0 bridgehead atoms. The van der Waals surface area contributed by atoms with Crippen LogP contribution in [-0.4, -0.2) is 201 Å². The molecule has 1 aromatic carbocycles. The molecule has 0 radical (unpaired) electrons. The van der Waals surface area contributed by atoms with Crippen LogP contribution in [0.2, 0.25) is 0 Å². The number of hydrogen-bond acceptors (Lipinski definition) is 20. The molecule has 4 heterocycles. The molecule has 20 nitrogen and oxygen atoms in total. The maximum absolute atomic E-state index is 13.7. The largest absolute Gasteiger partial charge is 0.458 e. The van der Waals surface area contributed by atoms with Crippen molar-refractivity contribution >= 4 is 5.97 Å². The van der Waals surface area contributed by atoms with Gasteiger partial charge in [-0.15, -0.1) is 0 Å². The van der Waals surface area contributed by atoms with Gasteiger partial charge in [-0.25, -0.2) is 4.79 Å². The smallest absolute Gasteiger partial charge is 0.338 e. The van der Waals surface area contributed by atoms with Gasteiger partial charge >= 0.3 is 5.97 Å². The molecule has 4 saturated carbocycles. The number of carbonyl (C=O) groups excluding carboxylic acids is 1. The molecule has 20 heteroatoms. The van der Waals surface area contributed by atoms with Gasteiger partial charge in [-0.3, -0.25) is 0 Å². The van der Waals surface area contributed by atoms with E-state index >= 15 is 0 Å². The van der Waals surface area contributed by atoms with Gasteiger partial charge in [0.25, 0.3) is 0 Å². The SMILES string of the molecule is COC1CC(OC2C(O)CC(OC3C(O)CC(O[C@H]4CC[C@]5(C)C6CC(OC(=O)c7ccccc7)[C@@]7(C)[C@](O)(CC[C@@]7(O)C(C)O)[C@]6(O)CC[C@H]5C4)OC3C)OC2C)OC(C)C1OC1OC(C)C(O)C(OC)C1O. The zero-order chi connectivity index (χ0) is 53.4. The number of aliphatic hydroxyl groups is 8. The third-order valence-corrected chi connectivity index (χ3v) is 19.6. The topological polar surface area (TPSA) is 280 Å². The number of benzene rings is 1. The molecule has 0 amide bonds. The minimum absolute atomic E-state index is 0.0184. The summed E-state index contributed by atoms with van der Waals surface area (Å²) >= 11 is 0. The van der Waals surface area contributed by atoms with E-state index < -0.39 is 156 Å². The van der Waals surface area contributed by atoms with Crippen LogP contribution in [0.1, 0.15) is 129 Å². The highest BCUT2D eigenvalue weighted by Gasteiger charge is 2.81. The monoisotopic (exact) mass is 1050 g/mol. The van der Waals surface area contributed by atoms with Crippen molar-refractivity contribution in [3.63, 3.8) is 0 Å². The number of aliphatic hydroxyl groups excluding tert-OH is 5. The summed E-state index contributed by atoms with van der Waals surface area (Å²) in [7, 11) is 2.93. The Labute approximate surface area is 434 Å². The maximum Gasteiger partial charge on any atom is 0.338 e. The molecule has 0 aromatic heterocycles. The van der Waals surface area contributed by atoms with Crippen LogP contribution in [0.5, 0.6) is 0 Å². The minimum atomic E-state index is -1.88. The quantitative estimate of drug-likeness (QED) is 0.104. The molecule has 27 atom stereocenters. The molecule has 1 aromatic rings. The number of esters is 1. The first kappa shape index (κ1) is 56.7. The average Bonchev–Trinajstić information content (AvgIpc) is 3.60. The predicted octanol–water partition coefficient (Wildman–Crippen LogP) is 2.37. The number of carbonyl (C=O) groups is 1. The normalized spacial score (nSPS) is 52.0. The summed E-state index contributed by atoms with van der Waals surface area (Å²) in [6, 6.07) is 8.55. The second-order valence-corrected chi connectivity index (χ2v) is 23.5. The van der Waals surface area contributed by atoms with Gasteiger partial charge in [-0.2, -0.15) is 0 Å². The van der Waals surface area contributed by atoms with Gasteiger partial charge in [0.2, 0.25) is 0 Å².